The minimum atomic E-state index is -0.619. The van der Waals surface area contributed by atoms with E-state index in [0.29, 0.717) is 18.7 Å². The van der Waals surface area contributed by atoms with Gasteiger partial charge in [-0.3, -0.25) is 0 Å². The van der Waals surface area contributed by atoms with E-state index in [1.54, 1.807) is 13.2 Å². The first-order chi connectivity index (χ1) is 9.58. The second kappa shape index (κ2) is 8.54. The van der Waals surface area contributed by atoms with Crippen LogP contribution < -0.4 is 4.90 Å². The summed E-state index contributed by atoms with van der Waals surface area (Å²) in [6, 6.07) is 9.46. The van der Waals surface area contributed by atoms with Gasteiger partial charge in [0, 0.05) is 20.7 Å². The molecule has 0 heterocycles. The predicted octanol–water partition coefficient (Wildman–Crippen LogP) is 1.41. The molecule has 0 aliphatic carbocycles. The summed E-state index contributed by atoms with van der Waals surface area (Å²) in [5.74, 6) is 0. The van der Waals surface area contributed by atoms with Gasteiger partial charge >= 0.3 is 0 Å². The van der Waals surface area contributed by atoms with Crippen molar-refractivity contribution in [2.45, 2.75) is 19.1 Å². The lowest BCUT2D eigenvalue weighted by Gasteiger charge is -2.24. The summed E-state index contributed by atoms with van der Waals surface area (Å²) in [4.78, 5) is 1.85. The Morgan fingerprint density at radius 3 is 2.70 bits per heavy atom. The fraction of sp³-hybridized carbons (Fsp3) is 0.533. The van der Waals surface area contributed by atoms with Crippen LogP contribution in [0.4, 0.5) is 5.69 Å². The smallest absolute Gasteiger partial charge is 0.101 e. The van der Waals surface area contributed by atoms with Gasteiger partial charge in [0.05, 0.1) is 36.7 Å². The molecule has 0 saturated carbocycles. The summed E-state index contributed by atoms with van der Waals surface area (Å²) in [5.41, 5.74) is 1.40. The van der Waals surface area contributed by atoms with Crippen LogP contribution in [-0.2, 0) is 9.47 Å². The molecule has 0 spiro atoms. The maximum atomic E-state index is 9.97. The van der Waals surface area contributed by atoms with Gasteiger partial charge < -0.3 is 19.5 Å². The van der Waals surface area contributed by atoms with Crippen molar-refractivity contribution in [3.05, 3.63) is 29.8 Å². The summed E-state index contributed by atoms with van der Waals surface area (Å²) in [6.07, 6.45) is -0.669. The molecule has 1 rings (SSSR count). The molecule has 1 aromatic carbocycles. The number of hydrogen-bond donors (Lipinski definition) is 1. The van der Waals surface area contributed by atoms with Crippen LogP contribution in [0.5, 0.6) is 0 Å². The molecule has 5 nitrogen and oxygen atoms in total. The van der Waals surface area contributed by atoms with E-state index < -0.39 is 6.10 Å². The monoisotopic (exact) mass is 278 g/mol. The SMILES string of the molecule is COCC(C)OCC(O)CN(C)c1ccccc1C#N. The molecule has 0 saturated heterocycles. The molecule has 1 N–H and O–H groups in total. The third-order valence-electron chi connectivity index (χ3n) is 2.89. The van der Waals surface area contributed by atoms with Crippen molar-refractivity contribution >= 4 is 5.69 Å². The highest BCUT2D eigenvalue weighted by Crippen LogP contribution is 2.18. The largest absolute Gasteiger partial charge is 0.389 e. The molecule has 2 unspecified atom stereocenters. The maximum absolute atomic E-state index is 9.97. The van der Waals surface area contributed by atoms with Gasteiger partial charge in [0.15, 0.2) is 0 Å². The van der Waals surface area contributed by atoms with Gasteiger partial charge in [0.2, 0.25) is 0 Å². The molecular weight excluding hydrogens is 256 g/mol. The first-order valence-electron chi connectivity index (χ1n) is 6.57. The molecule has 0 aromatic heterocycles. The zero-order valence-corrected chi connectivity index (χ0v) is 12.2. The lowest BCUT2D eigenvalue weighted by Crippen LogP contribution is -2.34. The molecule has 2 atom stereocenters. The average Bonchev–Trinajstić information content (AvgIpc) is 2.45. The van der Waals surface area contributed by atoms with E-state index >= 15 is 0 Å². The van der Waals surface area contributed by atoms with Crippen molar-refractivity contribution in [3.63, 3.8) is 0 Å². The van der Waals surface area contributed by atoms with E-state index in [2.05, 4.69) is 6.07 Å². The van der Waals surface area contributed by atoms with Crippen LogP contribution in [0.1, 0.15) is 12.5 Å². The molecule has 0 radical (unpaired) electrons. The van der Waals surface area contributed by atoms with E-state index in [0.717, 1.165) is 5.69 Å². The molecule has 0 fully saturated rings. The number of para-hydroxylation sites is 1. The van der Waals surface area contributed by atoms with Crippen LogP contribution in [0.25, 0.3) is 0 Å². The summed E-state index contributed by atoms with van der Waals surface area (Å²) in [7, 11) is 3.46. The van der Waals surface area contributed by atoms with Crippen LogP contribution in [-0.4, -0.2) is 51.2 Å². The van der Waals surface area contributed by atoms with Gasteiger partial charge in [-0.15, -0.1) is 0 Å². The van der Waals surface area contributed by atoms with Crippen LogP contribution >= 0.6 is 0 Å². The van der Waals surface area contributed by atoms with Crippen LogP contribution in [0.15, 0.2) is 24.3 Å². The maximum Gasteiger partial charge on any atom is 0.101 e. The van der Waals surface area contributed by atoms with Crippen molar-refractivity contribution in [1.29, 1.82) is 5.26 Å². The Bertz CT molecular complexity index is 445. The first-order valence-corrected chi connectivity index (χ1v) is 6.57. The van der Waals surface area contributed by atoms with Crippen molar-refractivity contribution in [3.8, 4) is 6.07 Å². The summed E-state index contributed by atoms with van der Waals surface area (Å²) < 4.78 is 10.4. The van der Waals surface area contributed by atoms with Crippen molar-refractivity contribution in [1.82, 2.24) is 0 Å². The normalized spacial score (nSPS) is 13.6. The van der Waals surface area contributed by atoms with Crippen LogP contribution in [0.3, 0.4) is 0 Å². The molecular formula is C15H22N2O3. The molecule has 0 aliphatic rings. The minimum absolute atomic E-state index is 0.0497. The van der Waals surface area contributed by atoms with Gasteiger partial charge in [-0.25, -0.2) is 0 Å². The molecule has 5 heteroatoms. The number of rotatable bonds is 8. The van der Waals surface area contributed by atoms with Gasteiger partial charge in [-0.05, 0) is 19.1 Å². The highest BCUT2D eigenvalue weighted by atomic mass is 16.5. The molecule has 20 heavy (non-hydrogen) atoms. The number of anilines is 1. The Hall–Kier alpha value is -1.61. The highest BCUT2D eigenvalue weighted by molar-refractivity contribution is 5.58. The fourth-order valence-corrected chi connectivity index (χ4v) is 1.93. The highest BCUT2D eigenvalue weighted by Gasteiger charge is 2.13. The number of ether oxygens (including phenoxy) is 2. The third kappa shape index (κ3) is 5.17. The summed E-state index contributed by atoms with van der Waals surface area (Å²) in [6.45, 7) is 3.03. The number of hydrogen-bond acceptors (Lipinski definition) is 5. The molecule has 0 bridgehead atoms. The van der Waals surface area contributed by atoms with E-state index in [1.807, 2.05) is 37.1 Å². The fourth-order valence-electron chi connectivity index (χ4n) is 1.93. The lowest BCUT2D eigenvalue weighted by molar-refractivity contribution is -0.0293. The van der Waals surface area contributed by atoms with Gasteiger partial charge in [-0.1, -0.05) is 12.1 Å². The van der Waals surface area contributed by atoms with Crippen molar-refractivity contribution in [2.75, 3.05) is 38.8 Å². The van der Waals surface area contributed by atoms with Crippen LogP contribution in [0, 0.1) is 11.3 Å². The van der Waals surface area contributed by atoms with Gasteiger partial charge in [0.25, 0.3) is 0 Å². The van der Waals surface area contributed by atoms with E-state index in [-0.39, 0.29) is 12.7 Å². The van der Waals surface area contributed by atoms with E-state index in [4.69, 9.17) is 14.7 Å². The summed E-state index contributed by atoms with van der Waals surface area (Å²) >= 11 is 0. The zero-order chi connectivity index (χ0) is 15.0. The first kappa shape index (κ1) is 16.4. The number of methoxy groups -OCH3 is 1. The Morgan fingerprint density at radius 1 is 1.35 bits per heavy atom. The predicted molar refractivity (Wildman–Crippen MR) is 77.7 cm³/mol. The second-order valence-corrected chi connectivity index (χ2v) is 4.76. The number of nitriles is 1. The Kier molecular flexibility index (Phi) is 7.02. The number of benzene rings is 1. The lowest BCUT2D eigenvalue weighted by atomic mass is 10.1. The molecule has 0 amide bonds. The van der Waals surface area contributed by atoms with E-state index in [9.17, 15) is 5.11 Å². The Morgan fingerprint density at radius 2 is 2.05 bits per heavy atom. The molecule has 0 aliphatic heterocycles. The minimum Gasteiger partial charge on any atom is -0.389 e. The second-order valence-electron chi connectivity index (χ2n) is 4.76. The summed E-state index contributed by atoms with van der Waals surface area (Å²) in [5, 5.41) is 19.0. The van der Waals surface area contributed by atoms with Crippen molar-refractivity contribution in [2.24, 2.45) is 0 Å². The number of aliphatic hydroxyl groups excluding tert-OH is 1. The number of nitrogens with zero attached hydrogens (tertiary/aromatic N) is 2. The Labute approximate surface area is 120 Å². The topological polar surface area (TPSA) is 65.7 Å². The molecule has 110 valence electrons. The number of aliphatic hydroxyl groups is 1. The van der Waals surface area contributed by atoms with Gasteiger partial charge in [-0.2, -0.15) is 5.26 Å². The average molecular weight is 278 g/mol. The molecule has 1 aromatic rings. The zero-order valence-electron chi connectivity index (χ0n) is 12.2. The third-order valence-corrected chi connectivity index (χ3v) is 2.89. The van der Waals surface area contributed by atoms with Crippen molar-refractivity contribution < 1.29 is 14.6 Å². The standard InChI is InChI=1S/C15H22N2O3/c1-12(10-19-3)20-11-14(18)9-17(2)15-7-5-4-6-13(15)8-16/h4-7,12,14,18H,9-11H2,1-3H3. The van der Waals surface area contributed by atoms with Crippen LogP contribution in [0.2, 0.25) is 0 Å². The quantitative estimate of drug-likeness (QED) is 0.779. The van der Waals surface area contributed by atoms with E-state index in [1.165, 1.54) is 0 Å². The Balaban J connectivity index is 2.49. The van der Waals surface area contributed by atoms with Gasteiger partial charge in [0.1, 0.15) is 6.07 Å². The number of likely N-dealkylation sites (N-methyl/N-ethyl adjacent to an activating group) is 1.